The lowest BCUT2D eigenvalue weighted by Gasteiger charge is -2.15. The van der Waals surface area contributed by atoms with E-state index in [0.717, 1.165) is 11.3 Å². The van der Waals surface area contributed by atoms with Gasteiger partial charge < -0.3 is 0 Å². The molecule has 0 aliphatic carbocycles. The van der Waals surface area contributed by atoms with Crippen molar-refractivity contribution in [1.29, 1.82) is 0 Å². The van der Waals surface area contributed by atoms with Crippen molar-refractivity contribution in [3.05, 3.63) is 14.7 Å². The molecule has 17 heavy (non-hydrogen) atoms. The average molecular weight is 337 g/mol. The van der Waals surface area contributed by atoms with Crippen LogP contribution in [0.4, 0.5) is 0 Å². The standard InChI is InChI=1S/C9H12Cl3NO2S2/c1-2-6(3-4-10)13-17(14,15)7-5-8(11)16-9(7)12/h5-6,13H,2-4H2,1H3. The highest BCUT2D eigenvalue weighted by molar-refractivity contribution is 7.89. The second-order valence-corrected chi connectivity index (χ2v) is 7.74. The van der Waals surface area contributed by atoms with Gasteiger partial charge in [-0.2, -0.15) is 0 Å². The topological polar surface area (TPSA) is 46.2 Å². The molecular formula is C9H12Cl3NO2S2. The van der Waals surface area contributed by atoms with Gasteiger partial charge in [0.2, 0.25) is 10.0 Å². The van der Waals surface area contributed by atoms with Crippen molar-refractivity contribution in [2.24, 2.45) is 0 Å². The molecule has 0 saturated heterocycles. The first-order chi connectivity index (χ1) is 7.90. The van der Waals surface area contributed by atoms with Crippen molar-refractivity contribution in [2.75, 3.05) is 5.88 Å². The Labute approximate surface area is 120 Å². The molecule has 0 radical (unpaired) electrons. The van der Waals surface area contributed by atoms with Crippen LogP contribution in [-0.2, 0) is 10.0 Å². The van der Waals surface area contributed by atoms with Crippen LogP contribution in [0, 0.1) is 0 Å². The molecule has 8 heteroatoms. The molecule has 0 fully saturated rings. The van der Waals surface area contributed by atoms with E-state index in [-0.39, 0.29) is 15.3 Å². The normalized spacial score (nSPS) is 13.9. The second-order valence-electron chi connectivity index (χ2n) is 3.39. The Morgan fingerprint density at radius 3 is 2.53 bits per heavy atom. The summed E-state index contributed by atoms with van der Waals surface area (Å²) in [6.45, 7) is 1.89. The summed E-state index contributed by atoms with van der Waals surface area (Å²) < 4.78 is 27.1. The van der Waals surface area contributed by atoms with Crippen molar-refractivity contribution in [2.45, 2.75) is 30.7 Å². The van der Waals surface area contributed by atoms with Gasteiger partial charge in [0.1, 0.15) is 9.23 Å². The lowest BCUT2D eigenvalue weighted by atomic mass is 10.2. The molecule has 0 spiro atoms. The number of alkyl halides is 1. The maximum atomic E-state index is 12.0. The van der Waals surface area contributed by atoms with Gasteiger partial charge in [-0.3, -0.25) is 0 Å². The quantitative estimate of drug-likeness (QED) is 0.804. The van der Waals surface area contributed by atoms with Gasteiger partial charge in [0.05, 0.1) is 4.34 Å². The molecule has 1 heterocycles. The summed E-state index contributed by atoms with van der Waals surface area (Å²) in [5.41, 5.74) is 0. The Morgan fingerprint density at radius 1 is 1.47 bits per heavy atom. The van der Waals surface area contributed by atoms with Crippen LogP contribution >= 0.6 is 46.1 Å². The first-order valence-corrected chi connectivity index (χ1v) is 8.52. The molecule has 1 aromatic rings. The smallest absolute Gasteiger partial charge is 0.208 e. The number of thiophene rings is 1. The molecule has 1 unspecified atom stereocenters. The first-order valence-electron chi connectivity index (χ1n) is 4.93. The third kappa shape index (κ3) is 4.26. The van der Waals surface area contributed by atoms with Crippen LogP contribution in [0.15, 0.2) is 11.0 Å². The summed E-state index contributed by atoms with van der Waals surface area (Å²) >= 11 is 18.2. The number of halogens is 3. The highest BCUT2D eigenvalue weighted by atomic mass is 35.5. The van der Waals surface area contributed by atoms with Crippen LogP contribution in [0.5, 0.6) is 0 Å². The summed E-state index contributed by atoms with van der Waals surface area (Å²) in [6, 6.07) is 1.16. The number of rotatable bonds is 6. The van der Waals surface area contributed by atoms with Crippen LogP contribution < -0.4 is 4.72 Å². The molecule has 1 rings (SSSR count). The third-order valence-electron chi connectivity index (χ3n) is 2.19. The molecule has 0 aliphatic rings. The van der Waals surface area contributed by atoms with Gasteiger partial charge in [0.15, 0.2) is 0 Å². The molecular weight excluding hydrogens is 325 g/mol. The molecule has 1 atom stereocenters. The number of nitrogens with one attached hydrogen (secondary N) is 1. The Kier molecular flexibility index (Phi) is 6.02. The Balaban J connectivity index is 2.92. The zero-order chi connectivity index (χ0) is 13.1. The van der Waals surface area contributed by atoms with Crippen LogP contribution in [0.25, 0.3) is 0 Å². The summed E-state index contributed by atoms with van der Waals surface area (Å²) in [5, 5.41) is 0. The van der Waals surface area contributed by atoms with E-state index < -0.39 is 10.0 Å². The van der Waals surface area contributed by atoms with E-state index in [4.69, 9.17) is 34.8 Å². The van der Waals surface area contributed by atoms with Crippen molar-refractivity contribution >= 4 is 56.2 Å². The van der Waals surface area contributed by atoms with Gasteiger partial charge in [-0.1, -0.05) is 30.1 Å². The van der Waals surface area contributed by atoms with E-state index in [9.17, 15) is 8.42 Å². The molecule has 0 bridgehead atoms. The highest BCUT2D eigenvalue weighted by Crippen LogP contribution is 2.34. The van der Waals surface area contributed by atoms with Crippen LogP contribution in [0.2, 0.25) is 8.67 Å². The largest absolute Gasteiger partial charge is 0.243 e. The molecule has 3 nitrogen and oxygen atoms in total. The second kappa shape index (κ2) is 6.59. The minimum absolute atomic E-state index is 0.0298. The van der Waals surface area contributed by atoms with Gasteiger partial charge >= 0.3 is 0 Å². The van der Waals surface area contributed by atoms with E-state index in [2.05, 4.69) is 4.72 Å². The van der Waals surface area contributed by atoms with E-state index >= 15 is 0 Å². The van der Waals surface area contributed by atoms with Gasteiger partial charge in [0, 0.05) is 11.9 Å². The van der Waals surface area contributed by atoms with Crippen LogP contribution in [0.1, 0.15) is 19.8 Å². The molecule has 1 aromatic heterocycles. The fraction of sp³-hybridized carbons (Fsp3) is 0.556. The van der Waals surface area contributed by atoms with Gasteiger partial charge in [-0.25, -0.2) is 13.1 Å². The number of sulfonamides is 1. The minimum atomic E-state index is -3.62. The lowest BCUT2D eigenvalue weighted by molar-refractivity contribution is 0.532. The molecule has 0 aromatic carbocycles. The van der Waals surface area contributed by atoms with Gasteiger partial charge in [-0.15, -0.1) is 22.9 Å². The lowest BCUT2D eigenvalue weighted by Crippen LogP contribution is -2.34. The van der Waals surface area contributed by atoms with Crippen molar-refractivity contribution in [3.63, 3.8) is 0 Å². The molecule has 0 amide bonds. The predicted octanol–water partition coefficient (Wildman–Crippen LogP) is 3.74. The SMILES string of the molecule is CCC(CCCl)NS(=O)(=O)c1cc(Cl)sc1Cl. The van der Waals surface area contributed by atoms with E-state index in [1.807, 2.05) is 6.92 Å². The molecule has 0 saturated carbocycles. The Bertz CT molecular complexity index is 473. The van der Waals surface area contributed by atoms with E-state index in [1.165, 1.54) is 6.07 Å². The molecule has 98 valence electrons. The number of hydrogen-bond acceptors (Lipinski definition) is 3. The monoisotopic (exact) mass is 335 g/mol. The summed E-state index contributed by atoms with van der Waals surface area (Å²) in [6.07, 6.45) is 1.24. The predicted molar refractivity (Wildman–Crippen MR) is 74.1 cm³/mol. The van der Waals surface area contributed by atoms with Crippen LogP contribution in [0.3, 0.4) is 0 Å². The Hall–Kier alpha value is 0.480. The third-order valence-corrected chi connectivity index (χ3v) is 5.68. The fourth-order valence-corrected chi connectivity index (χ4v) is 5.04. The average Bonchev–Trinajstić information content (AvgIpc) is 2.57. The summed E-state index contributed by atoms with van der Waals surface area (Å²) in [5.74, 6) is 0.402. The molecule has 1 N–H and O–H groups in total. The van der Waals surface area contributed by atoms with E-state index in [1.54, 1.807) is 0 Å². The maximum absolute atomic E-state index is 12.0. The first kappa shape index (κ1) is 15.5. The fourth-order valence-electron chi connectivity index (χ4n) is 1.27. The molecule has 0 aliphatic heterocycles. The Morgan fingerprint density at radius 2 is 2.12 bits per heavy atom. The zero-order valence-corrected chi connectivity index (χ0v) is 12.9. The highest BCUT2D eigenvalue weighted by Gasteiger charge is 2.23. The van der Waals surface area contributed by atoms with Crippen LogP contribution in [-0.4, -0.2) is 20.3 Å². The maximum Gasteiger partial charge on any atom is 0.243 e. The van der Waals surface area contributed by atoms with Gasteiger partial charge in [-0.05, 0) is 18.9 Å². The summed E-state index contributed by atoms with van der Waals surface area (Å²) in [4.78, 5) is 0.0298. The summed E-state index contributed by atoms with van der Waals surface area (Å²) in [7, 11) is -3.62. The van der Waals surface area contributed by atoms with Gasteiger partial charge in [0.25, 0.3) is 0 Å². The van der Waals surface area contributed by atoms with Crippen molar-refractivity contribution < 1.29 is 8.42 Å². The van der Waals surface area contributed by atoms with E-state index in [0.29, 0.717) is 23.1 Å². The van der Waals surface area contributed by atoms with Crippen molar-refractivity contribution in [1.82, 2.24) is 4.72 Å². The van der Waals surface area contributed by atoms with Crippen molar-refractivity contribution in [3.8, 4) is 0 Å². The zero-order valence-electron chi connectivity index (χ0n) is 9.04. The number of hydrogen-bond donors (Lipinski definition) is 1. The minimum Gasteiger partial charge on any atom is -0.208 e.